The second kappa shape index (κ2) is 7.37. The third kappa shape index (κ3) is 3.83. The molecule has 3 rings (SSSR count). The number of nitrogens with one attached hydrogen (secondary N) is 2. The number of anilines is 2. The van der Waals surface area contributed by atoms with E-state index < -0.39 is 5.41 Å². The molecule has 1 aromatic carbocycles. The van der Waals surface area contributed by atoms with E-state index in [-0.39, 0.29) is 11.9 Å². The molecule has 26 heavy (non-hydrogen) atoms. The molecular formula is C19H23N3O3S. The highest BCUT2D eigenvalue weighted by Gasteiger charge is 2.37. The molecule has 1 aliphatic rings. The maximum Gasteiger partial charge on any atom is 0.319 e. The van der Waals surface area contributed by atoms with E-state index >= 15 is 0 Å². The van der Waals surface area contributed by atoms with Crippen LogP contribution in [0, 0.1) is 5.41 Å². The van der Waals surface area contributed by atoms with Gasteiger partial charge in [0, 0.05) is 23.2 Å². The molecule has 0 radical (unpaired) electrons. The fourth-order valence-corrected chi connectivity index (χ4v) is 3.44. The van der Waals surface area contributed by atoms with Crippen LogP contribution >= 0.6 is 11.3 Å². The van der Waals surface area contributed by atoms with Crippen LogP contribution in [0.5, 0.6) is 5.75 Å². The van der Waals surface area contributed by atoms with Crippen LogP contribution in [-0.2, 0) is 11.3 Å². The van der Waals surface area contributed by atoms with Crippen molar-refractivity contribution in [3.05, 3.63) is 40.6 Å². The number of carbonyl (C=O) groups excluding carboxylic acids is 2. The zero-order valence-electron chi connectivity index (χ0n) is 15.2. The van der Waals surface area contributed by atoms with Gasteiger partial charge in [-0.3, -0.25) is 4.79 Å². The Morgan fingerprint density at radius 1 is 1.35 bits per heavy atom. The van der Waals surface area contributed by atoms with Crippen molar-refractivity contribution in [1.29, 1.82) is 0 Å². The minimum Gasteiger partial charge on any atom is -0.490 e. The molecule has 138 valence electrons. The van der Waals surface area contributed by atoms with Gasteiger partial charge in [0.1, 0.15) is 12.4 Å². The van der Waals surface area contributed by atoms with Crippen LogP contribution in [0.3, 0.4) is 0 Å². The Kier molecular flexibility index (Phi) is 5.18. The quantitative estimate of drug-likeness (QED) is 0.855. The van der Waals surface area contributed by atoms with Crippen LogP contribution in [-0.4, -0.2) is 25.1 Å². The summed E-state index contributed by atoms with van der Waals surface area (Å²) in [6.45, 7) is 7.03. The largest absolute Gasteiger partial charge is 0.490 e. The summed E-state index contributed by atoms with van der Waals surface area (Å²) in [6, 6.07) is 8.99. The van der Waals surface area contributed by atoms with Gasteiger partial charge in [-0.1, -0.05) is 6.07 Å². The van der Waals surface area contributed by atoms with Gasteiger partial charge in [-0.15, -0.1) is 11.3 Å². The average molecular weight is 373 g/mol. The van der Waals surface area contributed by atoms with Crippen LogP contribution < -0.4 is 20.3 Å². The van der Waals surface area contributed by atoms with Gasteiger partial charge in [-0.05, 0) is 44.4 Å². The minimum absolute atomic E-state index is 0.0353. The van der Waals surface area contributed by atoms with Gasteiger partial charge in [0.25, 0.3) is 0 Å². The van der Waals surface area contributed by atoms with Crippen molar-refractivity contribution in [2.45, 2.75) is 27.3 Å². The van der Waals surface area contributed by atoms with Gasteiger partial charge in [0.2, 0.25) is 5.91 Å². The van der Waals surface area contributed by atoms with Crippen molar-refractivity contribution in [1.82, 2.24) is 5.32 Å². The van der Waals surface area contributed by atoms with Crippen LogP contribution in [0.1, 0.15) is 25.6 Å². The Morgan fingerprint density at radius 3 is 2.85 bits per heavy atom. The molecule has 7 heteroatoms. The Morgan fingerprint density at radius 2 is 2.15 bits per heavy atom. The van der Waals surface area contributed by atoms with E-state index in [1.807, 2.05) is 44.4 Å². The minimum atomic E-state index is -0.597. The van der Waals surface area contributed by atoms with E-state index in [1.165, 1.54) is 0 Å². The number of amides is 3. The second-order valence-corrected chi connectivity index (χ2v) is 7.82. The summed E-state index contributed by atoms with van der Waals surface area (Å²) in [4.78, 5) is 27.6. The third-order valence-corrected chi connectivity index (χ3v) is 5.12. The van der Waals surface area contributed by atoms with Crippen LogP contribution in [0.4, 0.5) is 16.2 Å². The first-order valence-electron chi connectivity index (χ1n) is 8.57. The molecule has 0 spiro atoms. The maximum atomic E-state index is 12.7. The first kappa shape index (κ1) is 18.3. The lowest BCUT2D eigenvalue weighted by molar-refractivity contribution is -0.127. The number of fused-ring (bicyclic) bond motifs is 1. The van der Waals surface area contributed by atoms with Crippen molar-refractivity contribution in [2.24, 2.45) is 5.41 Å². The molecule has 2 heterocycles. The van der Waals surface area contributed by atoms with Gasteiger partial charge < -0.3 is 20.3 Å². The Balaban J connectivity index is 1.73. The normalized spacial score (nSPS) is 15.7. The highest BCUT2D eigenvalue weighted by Crippen LogP contribution is 2.38. The molecule has 2 N–H and O–H groups in total. The summed E-state index contributed by atoms with van der Waals surface area (Å²) in [5.41, 5.74) is 0.754. The van der Waals surface area contributed by atoms with E-state index in [0.717, 1.165) is 10.6 Å². The van der Waals surface area contributed by atoms with Gasteiger partial charge in [-0.2, -0.15) is 0 Å². The molecule has 3 amide bonds. The van der Waals surface area contributed by atoms with E-state index in [4.69, 9.17) is 4.74 Å². The number of rotatable bonds is 4. The molecule has 0 saturated carbocycles. The van der Waals surface area contributed by atoms with Crippen molar-refractivity contribution in [2.75, 3.05) is 23.4 Å². The summed E-state index contributed by atoms with van der Waals surface area (Å²) >= 11 is 1.59. The Hall–Kier alpha value is -2.54. The molecule has 1 aliphatic heterocycles. The van der Waals surface area contributed by atoms with Crippen molar-refractivity contribution in [3.8, 4) is 5.75 Å². The molecule has 6 nitrogen and oxygen atoms in total. The predicted octanol–water partition coefficient (Wildman–Crippen LogP) is 3.84. The standard InChI is InChI=1S/C19H23N3O3S/c1-4-22-15-8-7-13(10-16(15)25-12-19(2,3)17(22)23)21-18(24)20-11-14-6-5-9-26-14/h5-10H,4,11-12H2,1-3H3,(H2,20,21,24). The summed E-state index contributed by atoms with van der Waals surface area (Å²) in [6.07, 6.45) is 0. The molecule has 0 unspecified atom stereocenters. The lowest BCUT2D eigenvalue weighted by Crippen LogP contribution is -2.42. The first-order valence-corrected chi connectivity index (χ1v) is 9.45. The number of hydrogen-bond donors (Lipinski definition) is 2. The molecule has 1 aromatic heterocycles. The number of ether oxygens (including phenoxy) is 1. The fraction of sp³-hybridized carbons (Fsp3) is 0.368. The summed E-state index contributed by atoms with van der Waals surface area (Å²) in [5, 5.41) is 7.61. The van der Waals surface area contributed by atoms with Crippen LogP contribution in [0.2, 0.25) is 0 Å². The molecule has 0 atom stereocenters. The molecular weight excluding hydrogens is 350 g/mol. The number of carbonyl (C=O) groups is 2. The lowest BCUT2D eigenvalue weighted by Gasteiger charge is -2.26. The lowest BCUT2D eigenvalue weighted by atomic mass is 9.93. The number of nitrogens with zero attached hydrogens (tertiary/aromatic N) is 1. The van der Waals surface area contributed by atoms with Crippen molar-refractivity contribution >= 4 is 34.6 Å². The topological polar surface area (TPSA) is 70.7 Å². The van der Waals surface area contributed by atoms with E-state index in [0.29, 0.717) is 31.1 Å². The highest BCUT2D eigenvalue weighted by atomic mass is 32.1. The van der Waals surface area contributed by atoms with Crippen molar-refractivity contribution < 1.29 is 14.3 Å². The Labute approximate surface area is 157 Å². The molecule has 0 fully saturated rings. The fourth-order valence-electron chi connectivity index (χ4n) is 2.79. The number of thiophene rings is 1. The van der Waals surface area contributed by atoms with Gasteiger partial charge in [-0.25, -0.2) is 4.79 Å². The van der Waals surface area contributed by atoms with Gasteiger partial charge in [0.15, 0.2) is 0 Å². The van der Waals surface area contributed by atoms with E-state index in [9.17, 15) is 9.59 Å². The molecule has 0 saturated heterocycles. The first-order chi connectivity index (χ1) is 12.4. The molecule has 2 aromatic rings. The number of benzene rings is 1. The second-order valence-electron chi connectivity index (χ2n) is 6.79. The predicted molar refractivity (Wildman–Crippen MR) is 104 cm³/mol. The summed E-state index contributed by atoms with van der Waals surface area (Å²) in [7, 11) is 0. The van der Waals surface area contributed by atoms with Crippen LogP contribution in [0.15, 0.2) is 35.7 Å². The smallest absolute Gasteiger partial charge is 0.319 e. The number of hydrogen-bond acceptors (Lipinski definition) is 4. The number of urea groups is 1. The SMILES string of the molecule is CCN1C(=O)C(C)(C)COc2cc(NC(=O)NCc3cccs3)ccc21. The molecule has 0 aliphatic carbocycles. The zero-order valence-corrected chi connectivity index (χ0v) is 16.0. The van der Waals surface area contributed by atoms with Crippen LogP contribution in [0.25, 0.3) is 0 Å². The average Bonchev–Trinajstić information content (AvgIpc) is 3.10. The van der Waals surface area contributed by atoms with Crippen molar-refractivity contribution in [3.63, 3.8) is 0 Å². The monoisotopic (exact) mass is 373 g/mol. The zero-order chi connectivity index (χ0) is 18.7. The van der Waals surface area contributed by atoms with Gasteiger partial charge in [0.05, 0.1) is 17.6 Å². The van der Waals surface area contributed by atoms with E-state index in [2.05, 4.69) is 10.6 Å². The highest BCUT2D eigenvalue weighted by molar-refractivity contribution is 7.09. The third-order valence-electron chi connectivity index (χ3n) is 4.24. The Bertz CT molecular complexity index is 802. The maximum absolute atomic E-state index is 12.7. The van der Waals surface area contributed by atoms with Gasteiger partial charge >= 0.3 is 6.03 Å². The summed E-state index contributed by atoms with van der Waals surface area (Å²) in [5.74, 6) is 0.634. The van der Waals surface area contributed by atoms with E-state index in [1.54, 1.807) is 28.4 Å². The molecule has 0 bridgehead atoms. The summed E-state index contributed by atoms with van der Waals surface area (Å²) < 4.78 is 5.87.